The van der Waals surface area contributed by atoms with E-state index in [0.29, 0.717) is 15.8 Å². The van der Waals surface area contributed by atoms with Crippen molar-refractivity contribution in [3.8, 4) is 16.3 Å². The molecule has 0 radical (unpaired) electrons. The van der Waals surface area contributed by atoms with E-state index in [9.17, 15) is 4.79 Å². The molecule has 0 aliphatic rings. The van der Waals surface area contributed by atoms with Crippen molar-refractivity contribution >= 4 is 61.2 Å². The molecule has 0 spiro atoms. The van der Waals surface area contributed by atoms with Gasteiger partial charge in [-0.05, 0) is 64.9 Å². The molecule has 4 rings (SSSR count). The summed E-state index contributed by atoms with van der Waals surface area (Å²) >= 11 is 10.2. The lowest BCUT2D eigenvalue weighted by molar-refractivity contribution is 0.0977. The quantitative estimate of drug-likeness (QED) is 0.363. The van der Waals surface area contributed by atoms with Crippen molar-refractivity contribution in [3.05, 3.63) is 57.8 Å². The monoisotopic (exact) mass is 530 g/mol. The van der Waals surface area contributed by atoms with E-state index in [1.165, 1.54) is 11.3 Å². The Morgan fingerprint density at radius 3 is 2.78 bits per heavy atom. The van der Waals surface area contributed by atoms with Crippen LogP contribution in [0, 0.1) is 6.92 Å². The molecule has 0 saturated heterocycles. The maximum atomic E-state index is 12.6. The Morgan fingerprint density at radius 1 is 1.25 bits per heavy atom. The maximum Gasteiger partial charge on any atom is 0.257 e. The molecule has 0 fully saturated rings. The Labute approximate surface area is 202 Å². The highest BCUT2D eigenvalue weighted by Crippen LogP contribution is 2.29. The van der Waals surface area contributed by atoms with Crippen LogP contribution in [0.15, 0.2) is 40.9 Å². The molecule has 0 atom stereocenters. The van der Waals surface area contributed by atoms with Crippen molar-refractivity contribution in [1.29, 1.82) is 0 Å². The number of ether oxygens (including phenoxy) is 1. The van der Waals surface area contributed by atoms with Crippen LogP contribution in [0.5, 0.6) is 5.75 Å². The number of nitrogens with one attached hydrogen (secondary N) is 2. The van der Waals surface area contributed by atoms with E-state index in [1.54, 1.807) is 29.8 Å². The summed E-state index contributed by atoms with van der Waals surface area (Å²) in [5.41, 5.74) is 3.14. The zero-order valence-corrected chi connectivity index (χ0v) is 20.7. The third-order valence-electron chi connectivity index (χ3n) is 4.75. The average molecular weight is 531 g/mol. The number of carbonyl (C=O) groups is 1. The molecule has 2 heterocycles. The van der Waals surface area contributed by atoms with Crippen LogP contribution in [-0.4, -0.2) is 37.9 Å². The van der Waals surface area contributed by atoms with Gasteiger partial charge in [-0.1, -0.05) is 30.4 Å². The van der Waals surface area contributed by atoms with Gasteiger partial charge in [0, 0.05) is 23.2 Å². The minimum atomic E-state index is -0.319. The summed E-state index contributed by atoms with van der Waals surface area (Å²) in [6.45, 7) is 3.98. The molecule has 0 saturated carbocycles. The van der Waals surface area contributed by atoms with Crippen LogP contribution in [0.25, 0.3) is 15.5 Å². The predicted molar refractivity (Wildman–Crippen MR) is 133 cm³/mol. The first kappa shape index (κ1) is 22.3. The van der Waals surface area contributed by atoms with Crippen LogP contribution < -0.4 is 15.4 Å². The van der Waals surface area contributed by atoms with E-state index in [2.05, 4.69) is 41.9 Å². The molecular weight excluding hydrogens is 512 g/mol. The summed E-state index contributed by atoms with van der Waals surface area (Å²) in [6, 6.07) is 11.0. The van der Waals surface area contributed by atoms with Gasteiger partial charge >= 0.3 is 0 Å². The standard InChI is InChI=1S/C21H19BrN6O2S2/c1-4-17-25-26-21-28(17)27-19(32-21)13-6-5-11(2)15(10-13)23-20(31)24-18(29)12-7-8-16(30-3)14(22)9-12/h5-10H,4H2,1-3H3,(H2,23,24,29,31). The predicted octanol–water partition coefficient (Wildman–Crippen LogP) is 4.62. The van der Waals surface area contributed by atoms with Crippen molar-refractivity contribution in [3.63, 3.8) is 0 Å². The Kier molecular flexibility index (Phi) is 6.49. The number of aryl methyl sites for hydroxylation is 2. The van der Waals surface area contributed by atoms with Crippen LogP contribution >= 0.6 is 39.5 Å². The van der Waals surface area contributed by atoms with Gasteiger partial charge in [0.2, 0.25) is 4.96 Å². The Hall–Kier alpha value is -2.89. The van der Waals surface area contributed by atoms with E-state index in [1.807, 2.05) is 32.0 Å². The molecule has 11 heteroatoms. The number of hydrogen-bond donors (Lipinski definition) is 2. The fourth-order valence-electron chi connectivity index (χ4n) is 3.02. The molecule has 2 aromatic carbocycles. The molecule has 2 aromatic heterocycles. The molecule has 1 amide bonds. The number of rotatable bonds is 5. The number of fused-ring (bicyclic) bond motifs is 1. The highest BCUT2D eigenvalue weighted by molar-refractivity contribution is 9.10. The zero-order valence-electron chi connectivity index (χ0n) is 17.5. The lowest BCUT2D eigenvalue weighted by atomic mass is 10.1. The van der Waals surface area contributed by atoms with E-state index < -0.39 is 0 Å². The van der Waals surface area contributed by atoms with Gasteiger partial charge < -0.3 is 10.1 Å². The Morgan fingerprint density at radius 2 is 2.06 bits per heavy atom. The first-order valence-corrected chi connectivity index (χ1v) is 11.7. The summed E-state index contributed by atoms with van der Waals surface area (Å²) in [5.74, 6) is 1.15. The zero-order chi connectivity index (χ0) is 22.8. The van der Waals surface area contributed by atoms with Crippen LogP contribution in [-0.2, 0) is 6.42 Å². The molecule has 8 nitrogen and oxygen atoms in total. The first-order chi connectivity index (χ1) is 15.4. The lowest BCUT2D eigenvalue weighted by Gasteiger charge is -2.13. The van der Waals surface area contributed by atoms with Crippen molar-refractivity contribution in [1.82, 2.24) is 25.1 Å². The molecule has 4 aromatic rings. The van der Waals surface area contributed by atoms with Gasteiger partial charge in [0.25, 0.3) is 5.91 Å². The highest BCUT2D eigenvalue weighted by atomic mass is 79.9. The van der Waals surface area contributed by atoms with Gasteiger partial charge in [-0.3, -0.25) is 10.1 Å². The lowest BCUT2D eigenvalue weighted by Crippen LogP contribution is -2.34. The number of halogens is 1. The molecule has 2 N–H and O–H groups in total. The van der Waals surface area contributed by atoms with Crippen molar-refractivity contribution < 1.29 is 9.53 Å². The molecular formula is C21H19BrN6O2S2. The molecule has 0 aliphatic heterocycles. The van der Waals surface area contributed by atoms with Crippen LogP contribution in [0.2, 0.25) is 0 Å². The number of benzene rings is 2. The third-order valence-corrected chi connectivity index (χ3v) is 6.52. The summed E-state index contributed by atoms with van der Waals surface area (Å²) in [4.78, 5) is 13.3. The SMILES string of the molecule is CCc1nnc2sc(-c3ccc(C)c(NC(=S)NC(=O)c4ccc(OC)c(Br)c4)c3)nn12. The second-order valence-electron chi connectivity index (χ2n) is 6.86. The Bertz CT molecular complexity index is 1330. The first-order valence-electron chi connectivity index (χ1n) is 9.67. The summed E-state index contributed by atoms with van der Waals surface area (Å²) in [5, 5.41) is 19.8. The average Bonchev–Trinajstić information content (AvgIpc) is 3.36. The number of hydrogen-bond acceptors (Lipinski definition) is 7. The van der Waals surface area contributed by atoms with Crippen LogP contribution in [0.4, 0.5) is 5.69 Å². The summed E-state index contributed by atoms with van der Waals surface area (Å²) in [7, 11) is 1.57. The summed E-state index contributed by atoms with van der Waals surface area (Å²) in [6.07, 6.45) is 0.754. The second-order valence-corrected chi connectivity index (χ2v) is 9.08. The highest BCUT2D eigenvalue weighted by Gasteiger charge is 2.14. The second kappa shape index (κ2) is 9.31. The minimum Gasteiger partial charge on any atom is -0.496 e. The van der Waals surface area contributed by atoms with Gasteiger partial charge in [-0.25, -0.2) is 0 Å². The summed E-state index contributed by atoms with van der Waals surface area (Å²) < 4.78 is 7.65. The van der Waals surface area contributed by atoms with Gasteiger partial charge in [-0.15, -0.1) is 10.2 Å². The molecule has 0 bridgehead atoms. The number of methoxy groups -OCH3 is 1. The van der Waals surface area contributed by atoms with Crippen molar-refractivity contribution in [2.75, 3.05) is 12.4 Å². The maximum absolute atomic E-state index is 12.6. The van der Waals surface area contributed by atoms with Gasteiger partial charge in [0.05, 0.1) is 11.6 Å². The number of amides is 1. The molecule has 0 unspecified atom stereocenters. The fourth-order valence-corrected chi connectivity index (χ4v) is 4.62. The van der Waals surface area contributed by atoms with Crippen LogP contribution in [0.3, 0.4) is 0 Å². The van der Waals surface area contributed by atoms with Gasteiger partial charge in [0.1, 0.15) is 10.8 Å². The number of carbonyl (C=O) groups excluding carboxylic acids is 1. The largest absolute Gasteiger partial charge is 0.496 e. The number of anilines is 1. The van der Waals surface area contributed by atoms with Crippen molar-refractivity contribution in [2.24, 2.45) is 0 Å². The van der Waals surface area contributed by atoms with Crippen LogP contribution in [0.1, 0.15) is 28.7 Å². The van der Waals surface area contributed by atoms with E-state index in [0.717, 1.165) is 39.0 Å². The van der Waals surface area contributed by atoms with Gasteiger partial charge in [0.15, 0.2) is 10.9 Å². The number of thiocarbonyl (C=S) groups is 1. The third kappa shape index (κ3) is 4.50. The fraction of sp³-hybridized carbons (Fsp3) is 0.190. The Balaban J connectivity index is 1.51. The molecule has 164 valence electrons. The van der Waals surface area contributed by atoms with E-state index in [-0.39, 0.29) is 11.0 Å². The number of aromatic nitrogens is 4. The molecule has 0 aliphatic carbocycles. The minimum absolute atomic E-state index is 0.202. The topological polar surface area (TPSA) is 93.4 Å². The smallest absolute Gasteiger partial charge is 0.257 e. The van der Waals surface area contributed by atoms with E-state index >= 15 is 0 Å². The van der Waals surface area contributed by atoms with Gasteiger partial charge in [-0.2, -0.15) is 9.61 Å². The van der Waals surface area contributed by atoms with Crippen molar-refractivity contribution in [2.45, 2.75) is 20.3 Å². The molecule has 32 heavy (non-hydrogen) atoms. The van der Waals surface area contributed by atoms with E-state index in [4.69, 9.17) is 17.0 Å². The number of nitrogens with zero attached hydrogens (tertiary/aromatic N) is 4. The normalized spacial score (nSPS) is 10.9.